The van der Waals surface area contributed by atoms with E-state index >= 15 is 0 Å². The second kappa shape index (κ2) is 16.5. The third-order valence-corrected chi connectivity index (χ3v) is 17.4. The Morgan fingerprint density at radius 3 is 1.35 bits per heavy atom. The van der Waals surface area contributed by atoms with Gasteiger partial charge in [0.05, 0.1) is 22.4 Å². The highest BCUT2D eigenvalue weighted by atomic mass is 28.3. The summed E-state index contributed by atoms with van der Waals surface area (Å²) >= 11 is 0. The van der Waals surface area contributed by atoms with Gasteiger partial charge in [-0.25, -0.2) is 0 Å². The lowest BCUT2D eigenvalue weighted by atomic mass is 10.00. The van der Waals surface area contributed by atoms with Crippen molar-refractivity contribution < 1.29 is 0 Å². The number of benzene rings is 10. The highest BCUT2D eigenvalue weighted by Gasteiger charge is 2.41. The molecule has 0 aliphatic rings. The fourth-order valence-corrected chi connectivity index (χ4v) is 14.5. The molecule has 11 rings (SSSR count). The first-order chi connectivity index (χ1) is 31.3. The van der Waals surface area contributed by atoms with E-state index in [9.17, 15) is 0 Å². The van der Waals surface area contributed by atoms with Crippen molar-refractivity contribution in [3.05, 3.63) is 267 Å². The van der Waals surface area contributed by atoms with Crippen molar-refractivity contribution in [2.75, 3.05) is 4.90 Å². The van der Waals surface area contributed by atoms with E-state index in [2.05, 4.69) is 276 Å². The van der Waals surface area contributed by atoms with Crippen molar-refractivity contribution in [3.8, 4) is 27.9 Å². The standard InChI is InChI=1S/C60H44N2Si/c1-6-21-47(22-7-1)54-31-16-18-33-56(54)62(59-36-20-35-58-60(59)55-32-17-19-34-57(55)61(58)48-23-8-2-9-24-48)49-41-37-45(38-42-49)46-39-43-53(44-40-46)63(50-25-10-3-11-26-50,51-27-12-4-13-28-51)52-29-14-5-15-30-52/h1-44H. The number of rotatable bonds is 10. The second-order valence-electron chi connectivity index (χ2n) is 16.1. The van der Waals surface area contributed by atoms with Gasteiger partial charge < -0.3 is 9.47 Å². The predicted octanol–water partition coefficient (Wildman–Crippen LogP) is 13.0. The van der Waals surface area contributed by atoms with Crippen molar-refractivity contribution >= 4 is 67.7 Å². The quantitative estimate of drug-likeness (QED) is 0.0985. The third-order valence-electron chi connectivity index (χ3n) is 12.6. The van der Waals surface area contributed by atoms with Crippen molar-refractivity contribution in [2.45, 2.75) is 0 Å². The summed E-state index contributed by atoms with van der Waals surface area (Å²) in [6.07, 6.45) is 0. The minimum atomic E-state index is -2.63. The van der Waals surface area contributed by atoms with Gasteiger partial charge in [0.25, 0.3) is 0 Å². The fourth-order valence-electron chi connectivity index (χ4n) is 9.76. The summed E-state index contributed by atoms with van der Waals surface area (Å²) in [6, 6.07) is 97.7. The Kier molecular flexibility index (Phi) is 9.93. The van der Waals surface area contributed by atoms with Crippen molar-refractivity contribution in [2.24, 2.45) is 0 Å². The first kappa shape index (κ1) is 38.0. The zero-order chi connectivity index (χ0) is 42.0. The summed E-state index contributed by atoms with van der Waals surface area (Å²) in [4.78, 5) is 2.46. The highest BCUT2D eigenvalue weighted by Crippen LogP contribution is 2.46. The Balaban J connectivity index is 1.06. The number of anilines is 3. The largest absolute Gasteiger partial charge is 0.309 e. The van der Waals surface area contributed by atoms with Crippen molar-refractivity contribution in [1.29, 1.82) is 0 Å². The third kappa shape index (κ3) is 6.67. The molecule has 0 aliphatic heterocycles. The molecule has 0 fully saturated rings. The summed E-state index contributed by atoms with van der Waals surface area (Å²) in [5, 5.41) is 7.90. The summed E-state index contributed by atoms with van der Waals surface area (Å²) in [5.74, 6) is 0. The molecule has 0 radical (unpaired) electrons. The molecule has 0 spiro atoms. The lowest BCUT2D eigenvalue weighted by molar-refractivity contribution is 1.18. The molecular formula is C60H44N2Si. The van der Waals surface area contributed by atoms with E-state index in [1.165, 1.54) is 64.8 Å². The molecule has 1 heterocycles. The molecule has 0 amide bonds. The van der Waals surface area contributed by atoms with Crippen LogP contribution in [0, 0.1) is 0 Å². The van der Waals surface area contributed by atoms with Gasteiger partial charge >= 0.3 is 0 Å². The molecule has 2 nitrogen and oxygen atoms in total. The first-order valence-corrected chi connectivity index (χ1v) is 23.7. The minimum Gasteiger partial charge on any atom is -0.309 e. The summed E-state index contributed by atoms with van der Waals surface area (Å²) < 4.78 is 2.40. The Hall–Kier alpha value is -7.98. The molecule has 63 heavy (non-hydrogen) atoms. The van der Waals surface area contributed by atoms with Gasteiger partial charge in [-0.05, 0) is 86.0 Å². The molecule has 0 saturated carbocycles. The average Bonchev–Trinajstić information content (AvgIpc) is 3.72. The number of fused-ring (bicyclic) bond motifs is 3. The Morgan fingerprint density at radius 2 is 0.746 bits per heavy atom. The number of nitrogens with zero attached hydrogens (tertiary/aromatic N) is 2. The second-order valence-corrected chi connectivity index (χ2v) is 19.9. The van der Waals surface area contributed by atoms with Gasteiger partial charge in [-0.3, -0.25) is 0 Å². The first-order valence-electron chi connectivity index (χ1n) is 21.7. The zero-order valence-electron chi connectivity index (χ0n) is 34.8. The maximum absolute atomic E-state index is 2.63. The zero-order valence-corrected chi connectivity index (χ0v) is 35.8. The van der Waals surface area contributed by atoms with E-state index in [1.807, 2.05) is 0 Å². The maximum Gasteiger partial charge on any atom is 0.179 e. The van der Waals surface area contributed by atoms with E-state index in [4.69, 9.17) is 0 Å². The Morgan fingerprint density at radius 1 is 0.302 bits per heavy atom. The van der Waals surface area contributed by atoms with Crippen LogP contribution < -0.4 is 25.6 Å². The number of aromatic nitrogens is 1. The molecule has 0 atom stereocenters. The molecule has 10 aromatic carbocycles. The number of para-hydroxylation sites is 3. The topological polar surface area (TPSA) is 8.17 Å². The van der Waals surface area contributed by atoms with Gasteiger partial charge in [-0.15, -0.1) is 0 Å². The van der Waals surface area contributed by atoms with Crippen LogP contribution in [0.25, 0.3) is 49.7 Å². The Bertz CT molecular complexity index is 3200. The van der Waals surface area contributed by atoms with Crippen LogP contribution in [-0.2, 0) is 0 Å². The smallest absolute Gasteiger partial charge is 0.179 e. The molecule has 298 valence electrons. The maximum atomic E-state index is 2.46. The van der Waals surface area contributed by atoms with Crippen LogP contribution in [0.5, 0.6) is 0 Å². The SMILES string of the molecule is c1ccc(-c2ccccc2N(c2ccc(-c3ccc([Si](c4ccccc4)(c4ccccc4)c4ccccc4)cc3)cc2)c2cccc3c2c2ccccc2n3-c2ccccc2)cc1. The normalized spacial score (nSPS) is 11.5. The molecule has 0 aliphatic carbocycles. The van der Waals surface area contributed by atoms with Gasteiger partial charge in [0, 0.05) is 27.7 Å². The lowest BCUT2D eigenvalue weighted by Crippen LogP contribution is -2.74. The molecule has 0 unspecified atom stereocenters. The minimum absolute atomic E-state index is 1.09. The van der Waals surface area contributed by atoms with Crippen LogP contribution in [0.2, 0.25) is 0 Å². The summed E-state index contributed by atoms with van der Waals surface area (Å²) in [6.45, 7) is 0. The molecular weight excluding hydrogens is 777 g/mol. The van der Waals surface area contributed by atoms with Crippen LogP contribution in [0.15, 0.2) is 267 Å². The van der Waals surface area contributed by atoms with Gasteiger partial charge in [-0.1, -0.05) is 218 Å². The van der Waals surface area contributed by atoms with E-state index in [1.54, 1.807) is 0 Å². The van der Waals surface area contributed by atoms with Gasteiger partial charge in [0.15, 0.2) is 8.07 Å². The van der Waals surface area contributed by atoms with Gasteiger partial charge in [0.2, 0.25) is 0 Å². The number of hydrogen-bond acceptors (Lipinski definition) is 1. The molecule has 1 aromatic heterocycles. The highest BCUT2D eigenvalue weighted by molar-refractivity contribution is 7.19. The average molecular weight is 821 g/mol. The molecule has 3 heteroatoms. The summed E-state index contributed by atoms with van der Waals surface area (Å²) in [7, 11) is -2.63. The van der Waals surface area contributed by atoms with Gasteiger partial charge in [0.1, 0.15) is 0 Å². The van der Waals surface area contributed by atoms with E-state index < -0.39 is 8.07 Å². The van der Waals surface area contributed by atoms with Crippen LogP contribution in [0.1, 0.15) is 0 Å². The molecule has 0 bridgehead atoms. The number of hydrogen-bond donors (Lipinski definition) is 0. The molecule has 0 N–H and O–H groups in total. The predicted molar refractivity (Wildman–Crippen MR) is 270 cm³/mol. The van der Waals surface area contributed by atoms with Crippen LogP contribution in [-0.4, -0.2) is 12.6 Å². The van der Waals surface area contributed by atoms with Crippen molar-refractivity contribution in [1.82, 2.24) is 4.57 Å². The fraction of sp³-hybridized carbons (Fsp3) is 0. The molecule has 11 aromatic rings. The Labute approximate surface area is 370 Å². The van der Waals surface area contributed by atoms with Crippen LogP contribution in [0.4, 0.5) is 17.1 Å². The van der Waals surface area contributed by atoms with Crippen LogP contribution >= 0.6 is 0 Å². The van der Waals surface area contributed by atoms with E-state index in [0.29, 0.717) is 0 Å². The van der Waals surface area contributed by atoms with Crippen molar-refractivity contribution in [3.63, 3.8) is 0 Å². The van der Waals surface area contributed by atoms with Crippen LogP contribution in [0.3, 0.4) is 0 Å². The van der Waals surface area contributed by atoms with E-state index in [0.717, 1.165) is 22.7 Å². The molecule has 0 saturated heterocycles. The monoisotopic (exact) mass is 820 g/mol. The van der Waals surface area contributed by atoms with Gasteiger partial charge in [-0.2, -0.15) is 0 Å². The lowest BCUT2D eigenvalue weighted by Gasteiger charge is -2.34. The summed E-state index contributed by atoms with van der Waals surface area (Å²) in [5.41, 5.74) is 11.5. The van der Waals surface area contributed by atoms with E-state index in [-0.39, 0.29) is 0 Å².